The van der Waals surface area contributed by atoms with Crippen molar-refractivity contribution in [2.24, 2.45) is 0 Å². The monoisotopic (exact) mass is 293 g/mol. The van der Waals surface area contributed by atoms with Gasteiger partial charge in [0.05, 0.1) is 18.8 Å². The molecule has 0 aliphatic carbocycles. The van der Waals surface area contributed by atoms with E-state index in [0.29, 0.717) is 0 Å². The van der Waals surface area contributed by atoms with Gasteiger partial charge in [-0.25, -0.2) is 0 Å². The molecule has 0 amide bonds. The molecule has 0 aliphatic rings. The average Bonchev–Trinajstić information content (AvgIpc) is 2.47. The highest BCUT2D eigenvalue weighted by Crippen LogP contribution is 2.31. The van der Waals surface area contributed by atoms with Gasteiger partial charge in [0.15, 0.2) is 0 Å². The maximum absolute atomic E-state index is 5.71. The number of nitrogens with one attached hydrogen (secondary N) is 1. The zero-order valence-electron chi connectivity index (χ0n) is 14.4. The van der Waals surface area contributed by atoms with Crippen LogP contribution in [0.15, 0.2) is 18.5 Å². The van der Waals surface area contributed by atoms with Gasteiger partial charge >= 0.3 is 0 Å². The Labute approximate surface area is 129 Å². The van der Waals surface area contributed by atoms with Crippen LogP contribution in [-0.4, -0.2) is 42.2 Å². The van der Waals surface area contributed by atoms with E-state index in [9.17, 15) is 0 Å². The molecule has 0 aromatic carbocycles. The van der Waals surface area contributed by atoms with Crippen LogP contribution in [0.4, 0.5) is 0 Å². The number of nitrogens with zero attached hydrogens (tertiary/aromatic N) is 2. The van der Waals surface area contributed by atoms with Crippen LogP contribution >= 0.6 is 0 Å². The van der Waals surface area contributed by atoms with E-state index < -0.39 is 0 Å². The van der Waals surface area contributed by atoms with Crippen molar-refractivity contribution in [3.8, 4) is 5.75 Å². The molecule has 1 heterocycles. The van der Waals surface area contributed by atoms with Gasteiger partial charge in [-0.1, -0.05) is 20.8 Å². The van der Waals surface area contributed by atoms with Gasteiger partial charge in [0, 0.05) is 11.7 Å². The van der Waals surface area contributed by atoms with E-state index in [2.05, 4.69) is 55.9 Å². The molecule has 21 heavy (non-hydrogen) atoms. The lowest BCUT2D eigenvalue weighted by molar-refractivity contribution is 0.0942. The third kappa shape index (κ3) is 4.42. The highest BCUT2D eigenvalue weighted by molar-refractivity contribution is 5.28. The summed E-state index contributed by atoms with van der Waals surface area (Å²) < 4.78 is 5.71. The molecular formula is C17H31N3O. The van der Waals surface area contributed by atoms with Crippen molar-refractivity contribution in [3.63, 3.8) is 0 Å². The van der Waals surface area contributed by atoms with Crippen LogP contribution in [0.3, 0.4) is 0 Å². The maximum Gasteiger partial charge on any atom is 0.137 e. The molecular weight excluding hydrogens is 262 g/mol. The lowest BCUT2D eigenvalue weighted by Gasteiger charge is -2.43. The summed E-state index contributed by atoms with van der Waals surface area (Å²) in [5.41, 5.74) is 1.17. The maximum atomic E-state index is 5.71. The van der Waals surface area contributed by atoms with Crippen molar-refractivity contribution in [2.75, 3.05) is 26.7 Å². The fourth-order valence-electron chi connectivity index (χ4n) is 3.04. The van der Waals surface area contributed by atoms with Crippen molar-refractivity contribution < 1.29 is 4.74 Å². The molecule has 1 atom stereocenters. The van der Waals surface area contributed by atoms with Crippen LogP contribution in [0.1, 0.15) is 52.6 Å². The minimum atomic E-state index is 0.00328. The Morgan fingerprint density at radius 1 is 1.24 bits per heavy atom. The SMILES string of the molecule is CCCOc1cncc(C(NC)C(C)(C)N(CC)CC)c1. The minimum Gasteiger partial charge on any atom is -0.492 e. The summed E-state index contributed by atoms with van der Waals surface area (Å²) in [6.45, 7) is 13.9. The first-order valence-electron chi connectivity index (χ1n) is 8.01. The van der Waals surface area contributed by atoms with Gasteiger partial charge in [-0.2, -0.15) is 0 Å². The molecule has 120 valence electrons. The van der Waals surface area contributed by atoms with E-state index in [1.54, 1.807) is 6.20 Å². The predicted molar refractivity (Wildman–Crippen MR) is 88.8 cm³/mol. The van der Waals surface area contributed by atoms with E-state index in [1.165, 1.54) is 5.56 Å². The fraction of sp³-hybridized carbons (Fsp3) is 0.706. The second kappa shape index (κ2) is 8.35. The summed E-state index contributed by atoms with van der Waals surface area (Å²) in [6.07, 6.45) is 4.73. The quantitative estimate of drug-likeness (QED) is 0.758. The fourth-order valence-corrected chi connectivity index (χ4v) is 3.04. The van der Waals surface area contributed by atoms with Gasteiger partial charge in [0.1, 0.15) is 5.75 Å². The first-order valence-corrected chi connectivity index (χ1v) is 8.01. The molecule has 1 unspecified atom stereocenters. The summed E-state index contributed by atoms with van der Waals surface area (Å²) in [4.78, 5) is 6.81. The molecule has 0 bridgehead atoms. The van der Waals surface area contributed by atoms with Gasteiger partial charge in [0.2, 0.25) is 0 Å². The minimum absolute atomic E-state index is 0.00328. The third-order valence-electron chi connectivity index (χ3n) is 4.11. The van der Waals surface area contributed by atoms with Crippen LogP contribution in [0, 0.1) is 0 Å². The average molecular weight is 293 g/mol. The molecule has 1 aromatic heterocycles. The number of hydrogen-bond acceptors (Lipinski definition) is 4. The smallest absolute Gasteiger partial charge is 0.137 e. The summed E-state index contributed by atoms with van der Waals surface area (Å²) in [5.74, 6) is 0.852. The third-order valence-corrected chi connectivity index (χ3v) is 4.11. The Balaban J connectivity index is 3.03. The Morgan fingerprint density at radius 2 is 1.90 bits per heavy atom. The van der Waals surface area contributed by atoms with E-state index in [-0.39, 0.29) is 11.6 Å². The normalized spacial score (nSPS) is 13.5. The molecule has 1 N–H and O–H groups in total. The number of hydrogen-bond donors (Lipinski definition) is 1. The largest absolute Gasteiger partial charge is 0.492 e. The second-order valence-corrected chi connectivity index (χ2v) is 5.85. The molecule has 0 radical (unpaired) electrons. The van der Waals surface area contributed by atoms with Gasteiger partial charge in [0.25, 0.3) is 0 Å². The van der Waals surface area contributed by atoms with Crippen molar-refractivity contribution in [3.05, 3.63) is 24.0 Å². The molecule has 1 aromatic rings. The Morgan fingerprint density at radius 3 is 2.43 bits per heavy atom. The van der Waals surface area contributed by atoms with Crippen molar-refractivity contribution >= 4 is 0 Å². The number of likely N-dealkylation sites (N-methyl/N-ethyl adjacent to an activating group) is 2. The first kappa shape index (κ1) is 17.9. The molecule has 0 saturated heterocycles. The van der Waals surface area contributed by atoms with E-state index >= 15 is 0 Å². The van der Waals surface area contributed by atoms with Crippen LogP contribution in [0.25, 0.3) is 0 Å². The number of aromatic nitrogens is 1. The van der Waals surface area contributed by atoms with Crippen molar-refractivity contribution in [2.45, 2.75) is 52.6 Å². The summed E-state index contributed by atoms with van der Waals surface area (Å²) in [5, 5.41) is 3.45. The molecule has 4 heteroatoms. The van der Waals surface area contributed by atoms with E-state index in [0.717, 1.165) is 31.9 Å². The van der Waals surface area contributed by atoms with Gasteiger partial charge in [-0.15, -0.1) is 0 Å². The van der Waals surface area contributed by atoms with Crippen LogP contribution in [-0.2, 0) is 0 Å². The van der Waals surface area contributed by atoms with Crippen LogP contribution in [0.2, 0.25) is 0 Å². The highest BCUT2D eigenvalue weighted by atomic mass is 16.5. The lowest BCUT2D eigenvalue weighted by atomic mass is 9.87. The Kier molecular flexibility index (Phi) is 7.12. The summed E-state index contributed by atoms with van der Waals surface area (Å²) in [7, 11) is 2.01. The molecule has 1 rings (SSSR count). The molecule has 0 spiro atoms. The van der Waals surface area contributed by atoms with Gasteiger partial charge in [-0.05, 0) is 52.0 Å². The molecule has 4 nitrogen and oxygen atoms in total. The van der Waals surface area contributed by atoms with Crippen molar-refractivity contribution in [1.29, 1.82) is 0 Å². The lowest BCUT2D eigenvalue weighted by Crippen LogP contribution is -2.52. The zero-order valence-corrected chi connectivity index (χ0v) is 14.4. The van der Waals surface area contributed by atoms with E-state index in [4.69, 9.17) is 4.74 Å². The number of pyridine rings is 1. The summed E-state index contributed by atoms with van der Waals surface area (Å²) in [6, 6.07) is 2.31. The molecule has 0 aliphatic heterocycles. The molecule has 0 saturated carbocycles. The predicted octanol–water partition coefficient (Wildman–Crippen LogP) is 3.25. The highest BCUT2D eigenvalue weighted by Gasteiger charge is 2.34. The number of rotatable bonds is 9. The van der Waals surface area contributed by atoms with Crippen molar-refractivity contribution in [1.82, 2.24) is 15.2 Å². The second-order valence-electron chi connectivity index (χ2n) is 5.85. The number of ether oxygens (including phenoxy) is 1. The van der Waals surface area contributed by atoms with Gasteiger partial charge in [-0.3, -0.25) is 9.88 Å². The topological polar surface area (TPSA) is 37.4 Å². The Hall–Kier alpha value is -1.13. The first-order chi connectivity index (χ1) is 10.0. The van der Waals surface area contributed by atoms with Crippen LogP contribution in [0.5, 0.6) is 5.75 Å². The summed E-state index contributed by atoms with van der Waals surface area (Å²) >= 11 is 0. The van der Waals surface area contributed by atoms with Crippen LogP contribution < -0.4 is 10.1 Å². The zero-order chi connectivity index (χ0) is 15.9. The van der Waals surface area contributed by atoms with Gasteiger partial charge < -0.3 is 10.1 Å². The Bertz CT molecular complexity index is 416. The standard InChI is InChI=1S/C17H31N3O/c1-7-10-21-15-11-14(12-19-13-15)16(18-6)17(4,5)20(8-2)9-3/h11-13,16,18H,7-10H2,1-6H3. The molecule has 0 fully saturated rings. The van der Waals surface area contributed by atoms with E-state index in [1.807, 2.05) is 13.2 Å².